The lowest BCUT2D eigenvalue weighted by atomic mass is 9.83. The predicted octanol–water partition coefficient (Wildman–Crippen LogP) is 5.52. The molecule has 1 fully saturated rings. The number of methoxy groups -OCH3 is 2. The molecule has 0 aliphatic carbocycles. The van der Waals surface area contributed by atoms with Gasteiger partial charge in [-0.2, -0.15) is 17.6 Å². The van der Waals surface area contributed by atoms with E-state index in [2.05, 4.69) is 44.1 Å². The lowest BCUT2D eigenvalue weighted by Crippen LogP contribution is -2.44. The van der Waals surface area contributed by atoms with Crippen molar-refractivity contribution in [2.45, 2.75) is 70.6 Å². The molecule has 0 aromatic heterocycles. The van der Waals surface area contributed by atoms with Gasteiger partial charge in [-0.15, -0.1) is 0 Å². The molecule has 8 heteroatoms. The zero-order chi connectivity index (χ0) is 22.3. The standard InChI is InChI=1S/C10H20O2.C6H6.C4H6F4O2/c1-7-11-8(2,3)10(6)9(4,5)12-10;1-2-4-6-5-3-1;1-9-3(5,6)4(7,8)10-2/h7H2,1-6H3;1-6H;1-2H3. The largest absolute Gasteiger partial charge is 0.448 e. The highest BCUT2D eigenvalue weighted by Crippen LogP contribution is 2.54. The van der Waals surface area contributed by atoms with Crippen molar-refractivity contribution in [2.24, 2.45) is 0 Å². The topological polar surface area (TPSA) is 40.2 Å². The summed E-state index contributed by atoms with van der Waals surface area (Å²) < 4.78 is 65.1. The highest BCUT2D eigenvalue weighted by atomic mass is 19.3. The number of halogens is 4. The normalized spacial score (nSPS) is 21.0. The van der Waals surface area contributed by atoms with E-state index in [-0.39, 0.29) is 16.8 Å². The smallest absolute Gasteiger partial charge is 0.373 e. The van der Waals surface area contributed by atoms with Gasteiger partial charge in [0.05, 0.1) is 11.2 Å². The van der Waals surface area contributed by atoms with E-state index in [4.69, 9.17) is 9.47 Å². The molecule has 1 heterocycles. The number of ether oxygens (including phenoxy) is 4. The maximum Gasteiger partial charge on any atom is 0.448 e. The molecule has 1 aliphatic heterocycles. The summed E-state index contributed by atoms with van der Waals surface area (Å²) in [6.45, 7) is 13.3. The van der Waals surface area contributed by atoms with Gasteiger partial charge in [0.15, 0.2) is 0 Å². The monoisotopic (exact) mass is 412 g/mol. The third-order valence-electron chi connectivity index (χ3n) is 4.74. The predicted molar refractivity (Wildman–Crippen MR) is 99.6 cm³/mol. The molecule has 1 atom stereocenters. The van der Waals surface area contributed by atoms with Crippen LogP contribution in [0.25, 0.3) is 0 Å². The lowest BCUT2D eigenvalue weighted by molar-refractivity contribution is -0.418. The second-order valence-corrected chi connectivity index (χ2v) is 7.19. The zero-order valence-corrected chi connectivity index (χ0v) is 17.8. The Morgan fingerprint density at radius 2 is 1.07 bits per heavy atom. The van der Waals surface area contributed by atoms with Gasteiger partial charge in [0.25, 0.3) is 0 Å². The van der Waals surface area contributed by atoms with Gasteiger partial charge in [-0.25, -0.2) is 0 Å². The van der Waals surface area contributed by atoms with Crippen LogP contribution in [0.5, 0.6) is 0 Å². The van der Waals surface area contributed by atoms with Crippen LogP contribution in [-0.4, -0.2) is 49.8 Å². The van der Waals surface area contributed by atoms with Crippen LogP contribution in [0.1, 0.15) is 41.5 Å². The summed E-state index contributed by atoms with van der Waals surface area (Å²) in [5, 5.41) is 0. The third kappa shape index (κ3) is 6.69. The summed E-state index contributed by atoms with van der Waals surface area (Å²) in [5.74, 6) is 0. The van der Waals surface area contributed by atoms with E-state index in [1.807, 2.05) is 43.3 Å². The molecule has 0 N–H and O–H groups in total. The first kappa shape index (κ1) is 26.8. The summed E-state index contributed by atoms with van der Waals surface area (Å²) in [5.41, 5.74) is -0.354. The van der Waals surface area contributed by atoms with Crippen LogP contribution in [0.3, 0.4) is 0 Å². The lowest BCUT2D eigenvalue weighted by Gasteiger charge is -2.30. The van der Waals surface area contributed by atoms with Crippen LogP contribution >= 0.6 is 0 Å². The molecule has 1 aliphatic rings. The Bertz CT molecular complexity index is 524. The number of rotatable bonds is 6. The Hall–Kier alpha value is -1.22. The molecule has 1 saturated heterocycles. The van der Waals surface area contributed by atoms with Crippen LogP contribution in [-0.2, 0) is 18.9 Å². The number of benzene rings is 1. The van der Waals surface area contributed by atoms with Gasteiger partial charge >= 0.3 is 12.2 Å². The Kier molecular flexibility index (Phi) is 9.57. The molecule has 0 radical (unpaired) electrons. The first-order chi connectivity index (χ1) is 12.6. The van der Waals surface area contributed by atoms with E-state index in [9.17, 15) is 17.6 Å². The summed E-state index contributed by atoms with van der Waals surface area (Å²) in [7, 11) is 0.930. The van der Waals surface area contributed by atoms with Gasteiger partial charge in [-0.1, -0.05) is 36.4 Å². The molecule has 4 nitrogen and oxygen atoms in total. The van der Waals surface area contributed by atoms with Crippen molar-refractivity contribution >= 4 is 0 Å². The zero-order valence-electron chi connectivity index (χ0n) is 17.8. The Labute approximate surface area is 165 Å². The summed E-state index contributed by atoms with van der Waals surface area (Å²) >= 11 is 0. The summed E-state index contributed by atoms with van der Waals surface area (Å²) in [6.07, 6.45) is -9.14. The van der Waals surface area contributed by atoms with Crippen LogP contribution in [0.2, 0.25) is 0 Å². The van der Waals surface area contributed by atoms with Crippen molar-refractivity contribution in [3.8, 4) is 0 Å². The molecule has 164 valence electrons. The fourth-order valence-electron chi connectivity index (χ4n) is 2.45. The van der Waals surface area contributed by atoms with Gasteiger partial charge in [0.1, 0.15) is 5.60 Å². The first-order valence-electron chi connectivity index (χ1n) is 8.84. The van der Waals surface area contributed by atoms with Gasteiger partial charge in [-0.05, 0) is 41.5 Å². The fraction of sp³-hybridized carbons (Fsp3) is 0.700. The highest BCUT2D eigenvalue weighted by Gasteiger charge is 2.68. The molecule has 0 saturated carbocycles. The van der Waals surface area contributed by atoms with E-state index < -0.39 is 12.2 Å². The second-order valence-electron chi connectivity index (χ2n) is 7.19. The average molecular weight is 412 g/mol. The second kappa shape index (κ2) is 10.0. The minimum atomic E-state index is -4.57. The van der Waals surface area contributed by atoms with Crippen LogP contribution in [0, 0.1) is 0 Å². The molecule has 2 rings (SSSR count). The SMILES string of the molecule is CCOC(C)(C)C1(C)OC1(C)C.COC(F)(F)C(F)(F)OC.c1ccccc1. The molecule has 1 unspecified atom stereocenters. The van der Waals surface area contributed by atoms with Gasteiger partial charge < -0.3 is 18.9 Å². The van der Waals surface area contributed by atoms with Crippen LogP contribution < -0.4 is 0 Å². The molecular formula is C20H32F4O4. The van der Waals surface area contributed by atoms with Crippen LogP contribution in [0.15, 0.2) is 36.4 Å². The number of hydrogen-bond donors (Lipinski definition) is 0. The van der Waals surface area contributed by atoms with Gasteiger partial charge in [0.2, 0.25) is 0 Å². The molecule has 0 amide bonds. The van der Waals surface area contributed by atoms with Crippen LogP contribution in [0.4, 0.5) is 17.6 Å². The highest BCUT2D eigenvalue weighted by molar-refractivity contribution is 5.16. The quantitative estimate of drug-likeness (QED) is 0.456. The minimum Gasteiger partial charge on any atom is -0.373 e. The first-order valence-corrected chi connectivity index (χ1v) is 8.84. The van der Waals surface area contributed by atoms with Crippen molar-refractivity contribution in [1.82, 2.24) is 0 Å². The summed E-state index contributed by atoms with van der Waals surface area (Å²) in [4.78, 5) is 0. The van der Waals surface area contributed by atoms with Gasteiger partial charge in [-0.3, -0.25) is 0 Å². The maximum absolute atomic E-state index is 11.8. The minimum absolute atomic E-state index is 0.0360. The van der Waals surface area contributed by atoms with E-state index in [0.717, 1.165) is 6.61 Å². The third-order valence-corrected chi connectivity index (χ3v) is 4.74. The van der Waals surface area contributed by atoms with E-state index in [1.165, 1.54) is 0 Å². The summed E-state index contributed by atoms with van der Waals surface area (Å²) in [6, 6.07) is 12.0. The maximum atomic E-state index is 11.8. The van der Waals surface area contributed by atoms with E-state index in [0.29, 0.717) is 14.2 Å². The fourth-order valence-corrected chi connectivity index (χ4v) is 2.45. The van der Waals surface area contributed by atoms with Crippen molar-refractivity contribution in [3.05, 3.63) is 36.4 Å². The van der Waals surface area contributed by atoms with E-state index in [1.54, 1.807) is 0 Å². The Morgan fingerprint density at radius 1 is 0.786 bits per heavy atom. The average Bonchev–Trinajstić information content (AvgIpc) is 3.17. The number of hydrogen-bond acceptors (Lipinski definition) is 4. The molecule has 28 heavy (non-hydrogen) atoms. The van der Waals surface area contributed by atoms with Crippen molar-refractivity contribution in [2.75, 3.05) is 20.8 Å². The molecule has 0 spiro atoms. The Balaban J connectivity index is 0.000000411. The number of alkyl halides is 4. The van der Waals surface area contributed by atoms with Gasteiger partial charge in [0, 0.05) is 20.8 Å². The van der Waals surface area contributed by atoms with Crippen molar-refractivity contribution in [1.29, 1.82) is 0 Å². The molecule has 1 aromatic rings. The number of epoxide rings is 1. The van der Waals surface area contributed by atoms with E-state index >= 15 is 0 Å². The van der Waals surface area contributed by atoms with Crippen molar-refractivity contribution in [3.63, 3.8) is 0 Å². The molecule has 0 bridgehead atoms. The molecular weight excluding hydrogens is 380 g/mol. The Morgan fingerprint density at radius 3 is 1.25 bits per heavy atom. The molecule has 1 aromatic carbocycles. The van der Waals surface area contributed by atoms with Crippen molar-refractivity contribution < 1.29 is 36.5 Å².